The van der Waals surface area contributed by atoms with E-state index in [1.54, 1.807) is 0 Å². The third-order valence-corrected chi connectivity index (χ3v) is 4.07. The molecular formula is C18H27F3N4O. The lowest BCUT2D eigenvalue weighted by atomic mass is 10.2. The third kappa shape index (κ3) is 7.11. The van der Waals surface area contributed by atoms with Gasteiger partial charge in [-0.3, -0.25) is 4.90 Å². The van der Waals surface area contributed by atoms with Gasteiger partial charge >= 0.3 is 6.18 Å². The molecule has 5 nitrogen and oxygen atoms in total. The van der Waals surface area contributed by atoms with Crippen molar-refractivity contribution in [2.24, 2.45) is 4.99 Å². The highest BCUT2D eigenvalue weighted by Gasteiger charge is 2.34. The molecule has 0 aliphatic carbocycles. The van der Waals surface area contributed by atoms with Crippen molar-refractivity contribution >= 4 is 5.96 Å². The van der Waals surface area contributed by atoms with E-state index >= 15 is 0 Å². The Kier molecular flexibility index (Phi) is 7.56. The molecule has 0 radical (unpaired) electrons. The van der Waals surface area contributed by atoms with Gasteiger partial charge in [-0.15, -0.1) is 0 Å². The van der Waals surface area contributed by atoms with Crippen LogP contribution in [0, 0.1) is 6.92 Å². The number of aliphatic imine (C=N–C) groups is 1. The minimum Gasteiger partial charge on any atom is -0.491 e. The Balaban J connectivity index is 1.79. The second-order valence-corrected chi connectivity index (χ2v) is 6.35. The second-order valence-electron chi connectivity index (χ2n) is 6.35. The van der Waals surface area contributed by atoms with Gasteiger partial charge in [0.15, 0.2) is 5.96 Å². The van der Waals surface area contributed by atoms with Crippen LogP contribution in [0.2, 0.25) is 0 Å². The average Bonchev–Trinajstić information content (AvgIpc) is 2.98. The van der Waals surface area contributed by atoms with E-state index < -0.39 is 12.7 Å². The Morgan fingerprint density at radius 2 is 2.12 bits per heavy atom. The molecule has 1 atom stereocenters. The van der Waals surface area contributed by atoms with Crippen molar-refractivity contribution in [2.75, 3.05) is 39.3 Å². The van der Waals surface area contributed by atoms with Crippen molar-refractivity contribution in [2.45, 2.75) is 32.5 Å². The Labute approximate surface area is 152 Å². The zero-order chi connectivity index (χ0) is 19.0. The van der Waals surface area contributed by atoms with Gasteiger partial charge in [0.2, 0.25) is 0 Å². The molecule has 1 saturated heterocycles. The van der Waals surface area contributed by atoms with Crippen LogP contribution in [0.5, 0.6) is 5.75 Å². The van der Waals surface area contributed by atoms with Gasteiger partial charge in [-0.1, -0.05) is 18.2 Å². The van der Waals surface area contributed by atoms with E-state index in [2.05, 4.69) is 15.6 Å². The summed E-state index contributed by atoms with van der Waals surface area (Å²) < 4.78 is 43.2. The lowest BCUT2D eigenvalue weighted by Crippen LogP contribution is -2.45. The van der Waals surface area contributed by atoms with Crippen molar-refractivity contribution in [3.8, 4) is 5.75 Å². The lowest BCUT2D eigenvalue weighted by Gasteiger charge is -2.19. The Morgan fingerprint density at radius 3 is 2.81 bits per heavy atom. The molecular weight excluding hydrogens is 345 g/mol. The van der Waals surface area contributed by atoms with Crippen LogP contribution < -0.4 is 15.4 Å². The quantitative estimate of drug-likeness (QED) is 0.439. The maximum absolute atomic E-state index is 12.5. The van der Waals surface area contributed by atoms with E-state index in [4.69, 9.17) is 4.74 Å². The molecule has 1 heterocycles. The number of hydrogen-bond donors (Lipinski definition) is 2. The van der Waals surface area contributed by atoms with E-state index in [9.17, 15) is 13.2 Å². The Hall–Kier alpha value is -1.96. The van der Waals surface area contributed by atoms with Gasteiger partial charge in [0, 0.05) is 25.7 Å². The molecule has 0 saturated carbocycles. The number of halogens is 3. The molecule has 0 aromatic heterocycles. The van der Waals surface area contributed by atoms with E-state index in [0.717, 1.165) is 11.3 Å². The van der Waals surface area contributed by atoms with Crippen molar-refractivity contribution in [1.29, 1.82) is 0 Å². The summed E-state index contributed by atoms with van der Waals surface area (Å²) in [6.07, 6.45) is -3.49. The molecule has 1 aliphatic heterocycles. The normalized spacial score (nSPS) is 18.8. The first-order valence-corrected chi connectivity index (χ1v) is 8.89. The van der Waals surface area contributed by atoms with Crippen LogP contribution >= 0.6 is 0 Å². The molecule has 146 valence electrons. The number of para-hydroxylation sites is 1. The molecule has 2 rings (SSSR count). The van der Waals surface area contributed by atoms with Crippen LogP contribution in [0.3, 0.4) is 0 Å². The first kappa shape index (κ1) is 20.4. The third-order valence-electron chi connectivity index (χ3n) is 4.07. The maximum atomic E-state index is 12.5. The number of hydrogen-bond acceptors (Lipinski definition) is 3. The predicted octanol–water partition coefficient (Wildman–Crippen LogP) is 2.57. The number of alkyl halides is 3. The molecule has 2 N–H and O–H groups in total. The van der Waals surface area contributed by atoms with Gasteiger partial charge in [-0.05, 0) is 31.9 Å². The molecule has 1 aromatic carbocycles. The van der Waals surface area contributed by atoms with E-state index in [0.29, 0.717) is 45.2 Å². The van der Waals surface area contributed by atoms with Gasteiger partial charge in [0.05, 0.1) is 13.1 Å². The summed E-state index contributed by atoms with van der Waals surface area (Å²) in [7, 11) is 0. The first-order valence-electron chi connectivity index (χ1n) is 8.89. The van der Waals surface area contributed by atoms with Gasteiger partial charge in [0.1, 0.15) is 12.4 Å². The maximum Gasteiger partial charge on any atom is 0.401 e. The summed E-state index contributed by atoms with van der Waals surface area (Å²) in [5, 5.41) is 6.34. The summed E-state index contributed by atoms with van der Waals surface area (Å²) in [6.45, 7) is 5.46. The molecule has 1 aliphatic rings. The molecule has 1 unspecified atom stereocenters. The summed E-state index contributed by atoms with van der Waals surface area (Å²) in [6, 6.07) is 7.74. The highest BCUT2D eigenvalue weighted by atomic mass is 19.4. The summed E-state index contributed by atoms with van der Waals surface area (Å²) in [5.74, 6) is 1.44. The highest BCUT2D eigenvalue weighted by Crippen LogP contribution is 2.20. The zero-order valence-corrected chi connectivity index (χ0v) is 15.3. The minimum absolute atomic E-state index is 0.0348. The summed E-state index contributed by atoms with van der Waals surface area (Å²) in [5.41, 5.74) is 1.07. The van der Waals surface area contributed by atoms with Gasteiger partial charge in [-0.2, -0.15) is 13.2 Å². The van der Waals surface area contributed by atoms with Gasteiger partial charge in [0.25, 0.3) is 0 Å². The number of nitrogens with zero attached hydrogens (tertiary/aromatic N) is 2. The monoisotopic (exact) mass is 372 g/mol. The average molecular weight is 372 g/mol. The fourth-order valence-corrected chi connectivity index (χ4v) is 2.89. The molecule has 1 fully saturated rings. The number of ether oxygens (including phenoxy) is 1. The fraction of sp³-hybridized carbons (Fsp3) is 0.611. The summed E-state index contributed by atoms with van der Waals surface area (Å²) >= 11 is 0. The van der Waals surface area contributed by atoms with Crippen molar-refractivity contribution in [3.63, 3.8) is 0 Å². The van der Waals surface area contributed by atoms with Crippen LogP contribution in [-0.4, -0.2) is 62.4 Å². The predicted molar refractivity (Wildman–Crippen MR) is 96.7 cm³/mol. The van der Waals surface area contributed by atoms with Gasteiger partial charge < -0.3 is 15.4 Å². The fourth-order valence-electron chi connectivity index (χ4n) is 2.89. The molecule has 1 aromatic rings. The van der Waals surface area contributed by atoms with E-state index in [-0.39, 0.29) is 6.04 Å². The highest BCUT2D eigenvalue weighted by molar-refractivity contribution is 5.80. The molecule has 0 spiro atoms. The molecule has 26 heavy (non-hydrogen) atoms. The van der Waals surface area contributed by atoms with Crippen LogP contribution in [0.1, 0.15) is 18.9 Å². The minimum atomic E-state index is -4.15. The second kappa shape index (κ2) is 9.66. The molecule has 0 amide bonds. The first-order chi connectivity index (χ1) is 12.4. The van der Waals surface area contributed by atoms with Crippen molar-refractivity contribution in [1.82, 2.24) is 15.5 Å². The SMILES string of the molecule is CCNC(=NCCOc1ccccc1C)NC1CCN(CC(F)(F)F)C1. The van der Waals surface area contributed by atoms with E-state index in [1.165, 1.54) is 4.90 Å². The Morgan fingerprint density at radius 1 is 1.35 bits per heavy atom. The lowest BCUT2D eigenvalue weighted by molar-refractivity contribution is -0.143. The van der Waals surface area contributed by atoms with Crippen LogP contribution in [0.15, 0.2) is 29.3 Å². The number of rotatable bonds is 7. The number of benzene rings is 1. The molecule has 8 heteroatoms. The summed E-state index contributed by atoms with van der Waals surface area (Å²) in [4.78, 5) is 5.87. The number of nitrogens with one attached hydrogen (secondary N) is 2. The standard InChI is InChI=1S/C18H27F3N4O/c1-3-22-17(23-9-11-26-16-7-5-4-6-14(16)2)24-15-8-10-25(12-15)13-18(19,20)21/h4-7,15H,3,8-13H2,1-2H3,(H2,22,23,24). The number of aryl methyl sites for hydroxylation is 1. The largest absolute Gasteiger partial charge is 0.491 e. The van der Waals surface area contributed by atoms with Crippen LogP contribution in [-0.2, 0) is 0 Å². The van der Waals surface area contributed by atoms with Crippen molar-refractivity contribution < 1.29 is 17.9 Å². The van der Waals surface area contributed by atoms with E-state index in [1.807, 2.05) is 38.1 Å². The molecule has 0 bridgehead atoms. The number of guanidine groups is 1. The number of likely N-dealkylation sites (tertiary alicyclic amines) is 1. The van der Waals surface area contributed by atoms with Crippen molar-refractivity contribution in [3.05, 3.63) is 29.8 Å². The topological polar surface area (TPSA) is 48.9 Å². The smallest absolute Gasteiger partial charge is 0.401 e. The Bertz CT molecular complexity index is 592. The van der Waals surface area contributed by atoms with Crippen LogP contribution in [0.25, 0.3) is 0 Å². The van der Waals surface area contributed by atoms with Crippen LogP contribution in [0.4, 0.5) is 13.2 Å². The van der Waals surface area contributed by atoms with Gasteiger partial charge in [-0.25, -0.2) is 4.99 Å². The zero-order valence-electron chi connectivity index (χ0n) is 15.3.